The lowest BCUT2D eigenvalue weighted by atomic mass is 10.2. The van der Waals surface area contributed by atoms with Crippen LogP contribution in [0.5, 0.6) is 0 Å². The van der Waals surface area contributed by atoms with E-state index in [1.165, 1.54) is 12.4 Å². The number of anilines is 1. The predicted molar refractivity (Wildman–Crippen MR) is 95.3 cm³/mol. The number of aryl methyl sites for hydroxylation is 1. The quantitative estimate of drug-likeness (QED) is 0.547. The molecule has 0 radical (unpaired) electrons. The van der Waals surface area contributed by atoms with Gasteiger partial charge in [-0.3, -0.25) is 9.89 Å². The Morgan fingerprint density at radius 2 is 2.22 bits per heavy atom. The number of carbonyl (C=O) groups is 1. The third-order valence-corrected chi connectivity index (χ3v) is 3.92. The lowest BCUT2D eigenvalue weighted by molar-refractivity contribution is -0.121. The van der Waals surface area contributed by atoms with Crippen molar-refractivity contribution < 1.29 is 13.7 Å². The van der Waals surface area contributed by atoms with E-state index in [0.29, 0.717) is 49.2 Å². The number of benzene rings is 1. The fourth-order valence-electron chi connectivity index (χ4n) is 2.50. The van der Waals surface area contributed by atoms with Gasteiger partial charge in [-0.15, -0.1) is 0 Å². The van der Waals surface area contributed by atoms with Crippen LogP contribution in [0.3, 0.4) is 0 Å². The molecule has 0 spiro atoms. The number of H-pyrrole nitrogens is 1. The van der Waals surface area contributed by atoms with Gasteiger partial charge in [0, 0.05) is 33.0 Å². The van der Waals surface area contributed by atoms with Crippen LogP contribution < -0.4 is 10.2 Å². The van der Waals surface area contributed by atoms with Crippen molar-refractivity contribution in [2.75, 3.05) is 25.0 Å². The number of halogens is 1. The van der Waals surface area contributed by atoms with Gasteiger partial charge in [0.05, 0.1) is 5.69 Å². The molecule has 0 bridgehead atoms. The molecule has 142 valence electrons. The molecule has 0 fully saturated rings. The number of aromatic amines is 1. The Hall–Kier alpha value is -3.30. The smallest absolute Gasteiger partial charge is 0.239 e. The first kappa shape index (κ1) is 18.5. The number of para-hydroxylation sites is 1. The second-order valence-electron chi connectivity index (χ2n) is 5.92. The minimum Gasteiger partial charge on any atom is -0.372 e. The first-order valence-corrected chi connectivity index (χ1v) is 8.54. The summed E-state index contributed by atoms with van der Waals surface area (Å²) >= 11 is 0. The average molecular weight is 373 g/mol. The number of nitrogens with zero attached hydrogens (tertiary/aromatic N) is 5. The minimum absolute atomic E-state index is 0.108. The number of nitrogens with one attached hydrogen (secondary N) is 2. The third kappa shape index (κ3) is 5.09. The summed E-state index contributed by atoms with van der Waals surface area (Å²) in [5, 5.41) is 13.0. The summed E-state index contributed by atoms with van der Waals surface area (Å²) in [6, 6.07) is 6.61. The van der Waals surface area contributed by atoms with Crippen LogP contribution in [0.15, 0.2) is 35.1 Å². The molecule has 0 aliphatic carbocycles. The third-order valence-electron chi connectivity index (χ3n) is 3.92. The lowest BCUT2D eigenvalue weighted by Gasteiger charge is -2.19. The first-order chi connectivity index (χ1) is 13.1. The fraction of sp³-hybridized carbons (Fsp3) is 0.353. The molecule has 0 unspecified atom stereocenters. The summed E-state index contributed by atoms with van der Waals surface area (Å²) in [6.07, 6.45) is 2.62. The Balaban J connectivity index is 1.35. The van der Waals surface area contributed by atoms with Gasteiger partial charge in [0.25, 0.3) is 0 Å². The fourth-order valence-corrected chi connectivity index (χ4v) is 2.50. The zero-order valence-corrected chi connectivity index (χ0v) is 14.9. The molecule has 0 aliphatic rings. The Kier molecular flexibility index (Phi) is 6.08. The van der Waals surface area contributed by atoms with E-state index < -0.39 is 0 Å². The highest BCUT2D eigenvalue weighted by Gasteiger charge is 2.12. The zero-order valence-electron chi connectivity index (χ0n) is 14.9. The highest BCUT2D eigenvalue weighted by molar-refractivity contribution is 5.75. The van der Waals surface area contributed by atoms with Gasteiger partial charge in [0.1, 0.15) is 12.1 Å². The molecule has 3 aromatic rings. The van der Waals surface area contributed by atoms with Gasteiger partial charge in [0.2, 0.25) is 17.6 Å². The van der Waals surface area contributed by atoms with Crippen LogP contribution in [-0.2, 0) is 11.2 Å². The Labute approximate surface area is 155 Å². The van der Waals surface area contributed by atoms with Crippen molar-refractivity contribution in [3.8, 4) is 11.6 Å². The second kappa shape index (κ2) is 8.88. The predicted octanol–water partition coefficient (Wildman–Crippen LogP) is 1.57. The summed E-state index contributed by atoms with van der Waals surface area (Å²) in [5.41, 5.74) is 0.544. The van der Waals surface area contributed by atoms with E-state index in [0.717, 1.165) is 0 Å². The normalized spacial score (nSPS) is 10.7. The summed E-state index contributed by atoms with van der Waals surface area (Å²) < 4.78 is 18.8. The topological polar surface area (TPSA) is 113 Å². The second-order valence-corrected chi connectivity index (χ2v) is 5.92. The standard InChI is InChI=1S/C17H20FN7O2/c1-25(13-6-3-2-5-12(13)18)10-4-9-19-14(26)7-8-15-22-17(24-27-15)16-20-11-21-23-16/h2-3,5-6,11H,4,7-10H2,1H3,(H,19,26)(H,20,21,23). The summed E-state index contributed by atoms with van der Waals surface area (Å²) in [4.78, 5) is 21.8. The van der Waals surface area contributed by atoms with Gasteiger partial charge < -0.3 is 14.7 Å². The summed E-state index contributed by atoms with van der Waals surface area (Å²) in [6.45, 7) is 1.14. The van der Waals surface area contributed by atoms with Crippen LogP contribution in [0.4, 0.5) is 10.1 Å². The molecule has 10 heteroatoms. The van der Waals surface area contributed by atoms with E-state index in [4.69, 9.17) is 4.52 Å². The molecule has 2 aromatic heterocycles. The van der Waals surface area contributed by atoms with Crippen molar-refractivity contribution in [1.82, 2.24) is 30.6 Å². The van der Waals surface area contributed by atoms with Gasteiger partial charge in [-0.25, -0.2) is 9.37 Å². The lowest BCUT2D eigenvalue weighted by Crippen LogP contribution is -2.28. The SMILES string of the molecule is CN(CCCNC(=O)CCc1nc(-c2ncn[nH]2)no1)c1ccccc1F. The van der Waals surface area contributed by atoms with Crippen molar-refractivity contribution >= 4 is 11.6 Å². The molecule has 0 saturated heterocycles. The van der Waals surface area contributed by atoms with Crippen LogP contribution >= 0.6 is 0 Å². The molecular weight excluding hydrogens is 353 g/mol. The molecular formula is C17H20FN7O2. The van der Waals surface area contributed by atoms with Gasteiger partial charge in [-0.2, -0.15) is 10.1 Å². The number of amides is 1. The molecule has 1 aromatic carbocycles. The number of rotatable bonds is 9. The zero-order chi connectivity index (χ0) is 19.1. The number of aromatic nitrogens is 5. The van der Waals surface area contributed by atoms with Gasteiger partial charge in [-0.1, -0.05) is 17.3 Å². The van der Waals surface area contributed by atoms with E-state index in [1.54, 1.807) is 18.2 Å². The van der Waals surface area contributed by atoms with Crippen LogP contribution in [0, 0.1) is 5.82 Å². The highest BCUT2D eigenvalue weighted by atomic mass is 19.1. The van der Waals surface area contributed by atoms with Gasteiger partial charge in [0.15, 0.2) is 5.82 Å². The number of carbonyl (C=O) groups excluding carboxylic acids is 1. The van der Waals surface area contributed by atoms with Crippen molar-refractivity contribution in [3.63, 3.8) is 0 Å². The molecule has 1 amide bonds. The minimum atomic E-state index is -0.256. The molecule has 2 N–H and O–H groups in total. The van der Waals surface area contributed by atoms with E-state index >= 15 is 0 Å². The largest absolute Gasteiger partial charge is 0.372 e. The monoisotopic (exact) mass is 373 g/mol. The van der Waals surface area contributed by atoms with Crippen molar-refractivity contribution in [3.05, 3.63) is 42.3 Å². The Bertz CT molecular complexity index is 866. The Morgan fingerprint density at radius 1 is 1.37 bits per heavy atom. The Morgan fingerprint density at radius 3 is 3.00 bits per heavy atom. The molecule has 0 atom stereocenters. The summed E-state index contributed by atoms with van der Waals surface area (Å²) in [7, 11) is 1.82. The van der Waals surface area contributed by atoms with E-state index in [-0.39, 0.29) is 18.1 Å². The van der Waals surface area contributed by atoms with Crippen LogP contribution in [0.1, 0.15) is 18.7 Å². The molecule has 0 aliphatic heterocycles. The molecule has 2 heterocycles. The van der Waals surface area contributed by atoms with E-state index in [2.05, 4.69) is 30.6 Å². The van der Waals surface area contributed by atoms with Crippen molar-refractivity contribution in [2.24, 2.45) is 0 Å². The van der Waals surface area contributed by atoms with Crippen LogP contribution in [0.25, 0.3) is 11.6 Å². The maximum atomic E-state index is 13.7. The van der Waals surface area contributed by atoms with Crippen LogP contribution in [0.2, 0.25) is 0 Å². The average Bonchev–Trinajstić information content (AvgIpc) is 3.35. The van der Waals surface area contributed by atoms with Gasteiger partial charge in [-0.05, 0) is 18.6 Å². The molecule has 3 rings (SSSR count). The van der Waals surface area contributed by atoms with E-state index in [1.807, 2.05) is 11.9 Å². The van der Waals surface area contributed by atoms with Crippen molar-refractivity contribution in [2.45, 2.75) is 19.3 Å². The number of hydrogen-bond acceptors (Lipinski definition) is 7. The van der Waals surface area contributed by atoms with Crippen LogP contribution in [-0.4, -0.2) is 51.4 Å². The maximum absolute atomic E-state index is 13.7. The maximum Gasteiger partial charge on any atom is 0.239 e. The number of hydrogen-bond donors (Lipinski definition) is 2. The van der Waals surface area contributed by atoms with Gasteiger partial charge >= 0.3 is 0 Å². The summed E-state index contributed by atoms with van der Waals surface area (Å²) in [5.74, 6) is 0.708. The molecule has 9 nitrogen and oxygen atoms in total. The first-order valence-electron chi connectivity index (χ1n) is 8.54. The molecule has 0 saturated carbocycles. The van der Waals surface area contributed by atoms with Crippen molar-refractivity contribution in [1.29, 1.82) is 0 Å². The highest BCUT2D eigenvalue weighted by Crippen LogP contribution is 2.16. The van der Waals surface area contributed by atoms with E-state index in [9.17, 15) is 9.18 Å². The molecule has 27 heavy (non-hydrogen) atoms.